The largest absolute Gasteiger partial charge is 0.490 e. The van der Waals surface area contributed by atoms with Crippen molar-refractivity contribution < 1.29 is 14.3 Å². The summed E-state index contributed by atoms with van der Waals surface area (Å²) in [7, 11) is 2.07. The number of carbonyl (C=O) groups excluding carboxylic acids is 1. The fraction of sp³-hybridized carbons (Fsp3) is 0.500. The molecule has 4 nitrogen and oxygen atoms in total. The van der Waals surface area contributed by atoms with Gasteiger partial charge in [0.25, 0.3) is 0 Å². The zero-order chi connectivity index (χ0) is 13.0. The van der Waals surface area contributed by atoms with Gasteiger partial charge in [-0.05, 0) is 25.6 Å². The molecule has 0 aromatic heterocycles. The molecule has 98 valence electrons. The molecule has 1 atom stereocenters. The fourth-order valence-corrected chi connectivity index (χ4v) is 2.11. The standard InChI is InChI=1S/C14H19NO3/c1-11-4-3-5-12(9-16)14(11)18-10-13-8-15(2)6-7-17-13/h3-5,9,13H,6-8,10H2,1-2H3. The van der Waals surface area contributed by atoms with Crippen molar-refractivity contribution in [2.75, 3.05) is 33.4 Å². The second-order valence-corrected chi connectivity index (χ2v) is 4.68. The number of likely N-dealkylation sites (N-methyl/N-ethyl adjacent to an activating group) is 1. The number of rotatable bonds is 4. The molecule has 1 aliphatic rings. The van der Waals surface area contributed by atoms with Crippen LogP contribution in [0.5, 0.6) is 5.75 Å². The maximum atomic E-state index is 11.0. The van der Waals surface area contributed by atoms with Crippen molar-refractivity contribution in [2.24, 2.45) is 0 Å². The molecule has 0 bridgehead atoms. The Hall–Kier alpha value is -1.39. The normalized spacial score (nSPS) is 20.7. The van der Waals surface area contributed by atoms with Crippen LogP contribution in [0.15, 0.2) is 18.2 Å². The van der Waals surface area contributed by atoms with E-state index < -0.39 is 0 Å². The maximum Gasteiger partial charge on any atom is 0.153 e. The van der Waals surface area contributed by atoms with Crippen LogP contribution in [-0.4, -0.2) is 50.6 Å². The van der Waals surface area contributed by atoms with Crippen LogP contribution in [-0.2, 0) is 4.74 Å². The third kappa shape index (κ3) is 3.09. The van der Waals surface area contributed by atoms with Crippen molar-refractivity contribution >= 4 is 6.29 Å². The smallest absolute Gasteiger partial charge is 0.153 e. The molecule has 1 heterocycles. The molecule has 18 heavy (non-hydrogen) atoms. The number of ether oxygens (including phenoxy) is 2. The van der Waals surface area contributed by atoms with Crippen molar-refractivity contribution in [3.8, 4) is 5.75 Å². The van der Waals surface area contributed by atoms with Crippen molar-refractivity contribution in [1.29, 1.82) is 0 Å². The number of nitrogens with zero attached hydrogens (tertiary/aromatic N) is 1. The van der Waals surface area contributed by atoms with Gasteiger partial charge in [-0.15, -0.1) is 0 Å². The average molecular weight is 249 g/mol. The molecule has 1 aliphatic heterocycles. The number of hydrogen-bond donors (Lipinski definition) is 0. The summed E-state index contributed by atoms with van der Waals surface area (Å²) in [6.45, 7) is 4.98. The van der Waals surface area contributed by atoms with Crippen LogP contribution in [0.3, 0.4) is 0 Å². The van der Waals surface area contributed by atoms with E-state index in [0.717, 1.165) is 31.5 Å². The predicted molar refractivity (Wildman–Crippen MR) is 69.3 cm³/mol. The van der Waals surface area contributed by atoms with Crippen molar-refractivity contribution in [2.45, 2.75) is 13.0 Å². The van der Waals surface area contributed by atoms with Gasteiger partial charge < -0.3 is 14.4 Å². The van der Waals surface area contributed by atoms with Crippen molar-refractivity contribution in [3.63, 3.8) is 0 Å². The summed E-state index contributed by atoms with van der Waals surface area (Å²) >= 11 is 0. The Labute approximate surface area is 107 Å². The number of hydrogen-bond acceptors (Lipinski definition) is 4. The van der Waals surface area contributed by atoms with E-state index in [1.165, 1.54) is 0 Å². The number of aryl methyl sites for hydroxylation is 1. The summed E-state index contributed by atoms with van der Waals surface area (Å²) in [5.74, 6) is 0.671. The molecule has 1 aromatic carbocycles. The van der Waals surface area contributed by atoms with Gasteiger partial charge in [-0.1, -0.05) is 12.1 Å². The van der Waals surface area contributed by atoms with Crippen LogP contribution >= 0.6 is 0 Å². The molecule has 4 heteroatoms. The van der Waals surface area contributed by atoms with E-state index in [9.17, 15) is 4.79 Å². The fourth-order valence-electron chi connectivity index (χ4n) is 2.11. The van der Waals surface area contributed by atoms with E-state index in [0.29, 0.717) is 17.9 Å². The van der Waals surface area contributed by atoms with Crippen LogP contribution in [0.4, 0.5) is 0 Å². The van der Waals surface area contributed by atoms with E-state index in [-0.39, 0.29) is 6.10 Å². The lowest BCUT2D eigenvalue weighted by Crippen LogP contribution is -2.42. The summed E-state index contributed by atoms with van der Waals surface area (Å²) in [5, 5.41) is 0. The Bertz CT molecular complexity index is 420. The average Bonchev–Trinajstić information content (AvgIpc) is 2.37. The minimum absolute atomic E-state index is 0.0721. The van der Waals surface area contributed by atoms with Crippen molar-refractivity contribution in [3.05, 3.63) is 29.3 Å². The molecular formula is C14H19NO3. The van der Waals surface area contributed by atoms with E-state index in [1.807, 2.05) is 19.1 Å². The maximum absolute atomic E-state index is 11.0. The first-order chi connectivity index (χ1) is 8.70. The van der Waals surface area contributed by atoms with Gasteiger partial charge in [-0.25, -0.2) is 0 Å². The van der Waals surface area contributed by atoms with Crippen LogP contribution in [0, 0.1) is 6.92 Å². The third-order valence-electron chi connectivity index (χ3n) is 3.12. The highest BCUT2D eigenvalue weighted by Crippen LogP contribution is 2.22. The molecule has 1 unspecified atom stereocenters. The van der Waals surface area contributed by atoms with E-state index >= 15 is 0 Å². The van der Waals surface area contributed by atoms with E-state index in [4.69, 9.17) is 9.47 Å². The summed E-state index contributed by atoms with van der Waals surface area (Å²) in [4.78, 5) is 13.2. The zero-order valence-electron chi connectivity index (χ0n) is 10.9. The van der Waals surface area contributed by atoms with Crippen LogP contribution in [0.1, 0.15) is 15.9 Å². The van der Waals surface area contributed by atoms with E-state index in [2.05, 4.69) is 11.9 Å². The summed E-state index contributed by atoms with van der Waals surface area (Å²) in [6, 6.07) is 5.57. The Balaban J connectivity index is 1.99. The highest BCUT2D eigenvalue weighted by Gasteiger charge is 2.19. The highest BCUT2D eigenvalue weighted by atomic mass is 16.5. The third-order valence-corrected chi connectivity index (χ3v) is 3.12. The molecule has 1 fully saturated rings. The van der Waals surface area contributed by atoms with Gasteiger partial charge in [0.2, 0.25) is 0 Å². The molecule has 0 saturated carbocycles. The van der Waals surface area contributed by atoms with Gasteiger partial charge in [0.1, 0.15) is 18.5 Å². The lowest BCUT2D eigenvalue weighted by atomic mass is 10.1. The van der Waals surface area contributed by atoms with Crippen LogP contribution in [0.25, 0.3) is 0 Å². The Morgan fingerprint density at radius 3 is 3.11 bits per heavy atom. The molecule has 0 spiro atoms. The first-order valence-corrected chi connectivity index (χ1v) is 6.18. The van der Waals surface area contributed by atoms with Gasteiger partial charge in [0.05, 0.1) is 12.2 Å². The van der Waals surface area contributed by atoms with Gasteiger partial charge in [-0.2, -0.15) is 0 Å². The molecule has 0 radical (unpaired) electrons. The first kappa shape index (κ1) is 13.1. The summed E-state index contributed by atoms with van der Waals surface area (Å²) in [5.41, 5.74) is 1.57. The predicted octanol–water partition coefficient (Wildman–Crippen LogP) is 1.52. The highest BCUT2D eigenvalue weighted by molar-refractivity contribution is 5.80. The van der Waals surface area contributed by atoms with Gasteiger partial charge in [0, 0.05) is 13.1 Å². The summed E-state index contributed by atoms with van der Waals surface area (Å²) in [6.07, 6.45) is 0.902. The summed E-state index contributed by atoms with van der Waals surface area (Å²) < 4.78 is 11.4. The number of carbonyl (C=O) groups is 1. The molecule has 0 aliphatic carbocycles. The molecule has 1 aromatic rings. The Kier molecular flexibility index (Phi) is 4.33. The lowest BCUT2D eigenvalue weighted by molar-refractivity contribution is -0.0405. The Morgan fingerprint density at radius 1 is 1.56 bits per heavy atom. The molecule has 2 rings (SSSR count). The number of benzene rings is 1. The topological polar surface area (TPSA) is 38.8 Å². The minimum atomic E-state index is 0.0721. The first-order valence-electron chi connectivity index (χ1n) is 6.18. The minimum Gasteiger partial charge on any atom is -0.490 e. The van der Waals surface area contributed by atoms with Gasteiger partial charge in [0.15, 0.2) is 6.29 Å². The van der Waals surface area contributed by atoms with Gasteiger partial charge in [-0.3, -0.25) is 4.79 Å². The van der Waals surface area contributed by atoms with Crippen LogP contribution in [0.2, 0.25) is 0 Å². The van der Waals surface area contributed by atoms with Gasteiger partial charge >= 0.3 is 0 Å². The SMILES string of the molecule is Cc1cccc(C=O)c1OCC1CN(C)CCO1. The number of aldehydes is 1. The van der Waals surface area contributed by atoms with Crippen molar-refractivity contribution in [1.82, 2.24) is 4.90 Å². The molecule has 1 saturated heterocycles. The number of para-hydroxylation sites is 1. The molecule has 0 N–H and O–H groups in total. The van der Waals surface area contributed by atoms with E-state index in [1.54, 1.807) is 6.07 Å². The lowest BCUT2D eigenvalue weighted by Gasteiger charge is -2.30. The zero-order valence-corrected chi connectivity index (χ0v) is 10.9. The Morgan fingerprint density at radius 2 is 2.39 bits per heavy atom. The number of morpholine rings is 1. The second-order valence-electron chi connectivity index (χ2n) is 4.68. The molecule has 0 amide bonds. The molecular weight excluding hydrogens is 230 g/mol. The quantitative estimate of drug-likeness (QED) is 0.758. The monoisotopic (exact) mass is 249 g/mol. The second kappa shape index (κ2) is 5.98. The van der Waals surface area contributed by atoms with Crippen LogP contribution < -0.4 is 4.74 Å².